The van der Waals surface area contributed by atoms with Crippen molar-refractivity contribution in [2.75, 3.05) is 5.73 Å². The molecule has 3 heterocycles. The maximum Gasteiger partial charge on any atom is 0.260 e. The van der Waals surface area contributed by atoms with Crippen LogP contribution in [0.4, 0.5) is 10.1 Å². The molecule has 0 radical (unpaired) electrons. The number of halogens is 1. The average Bonchev–Trinajstić information content (AvgIpc) is 3.15. The van der Waals surface area contributed by atoms with E-state index in [-0.39, 0.29) is 23.7 Å². The zero-order valence-electron chi connectivity index (χ0n) is 10.8. The smallest absolute Gasteiger partial charge is 0.260 e. The first-order valence-electron chi connectivity index (χ1n) is 6.75. The van der Waals surface area contributed by atoms with Crippen molar-refractivity contribution in [2.45, 2.75) is 37.4 Å². The predicted octanol–water partition coefficient (Wildman–Crippen LogP) is 2.49. The lowest BCUT2D eigenvalue weighted by molar-refractivity contribution is 0.0996. The second-order valence-corrected chi connectivity index (χ2v) is 5.41. The first kappa shape index (κ1) is 11.8. The molecular weight excluding hydrogens is 261 g/mol. The molecule has 1 aromatic carbocycles. The number of hydrogen-bond acceptors (Lipinski definition) is 5. The maximum atomic E-state index is 13.3. The van der Waals surface area contributed by atoms with Crippen LogP contribution in [0.2, 0.25) is 0 Å². The quantitative estimate of drug-likeness (QED) is 0.852. The van der Waals surface area contributed by atoms with Crippen molar-refractivity contribution in [1.82, 2.24) is 10.1 Å². The van der Waals surface area contributed by atoms with E-state index in [1.54, 1.807) is 0 Å². The van der Waals surface area contributed by atoms with Gasteiger partial charge in [0.25, 0.3) is 5.89 Å². The molecule has 5 nitrogen and oxygen atoms in total. The molecule has 3 unspecified atom stereocenters. The van der Waals surface area contributed by atoms with Crippen LogP contribution in [0, 0.1) is 5.82 Å². The van der Waals surface area contributed by atoms with Crippen LogP contribution in [0.1, 0.15) is 31.0 Å². The Labute approximate surface area is 114 Å². The Kier molecular flexibility index (Phi) is 2.53. The van der Waals surface area contributed by atoms with Gasteiger partial charge in [-0.05, 0) is 37.5 Å². The van der Waals surface area contributed by atoms with Crippen molar-refractivity contribution < 1.29 is 13.7 Å². The molecule has 2 N–H and O–H groups in total. The lowest BCUT2D eigenvalue weighted by atomic mass is 9.89. The molecule has 104 valence electrons. The summed E-state index contributed by atoms with van der Waals surface area (Å²) in [6.07, 6.45) is 3.60. The summed E-state index contributed by atoms with van der Waals surface area (Å²) in [6.45, 7) is 0. The average molecular weight is 275 g/mol. The van der Waals surface area contributed by atoms with E-state index in [0.717, 1.165) is 19.3 Å². The molecule has 4 rings (SSSR count). The highest BCUT2D eigenvalue weighted by atomic mass is 19.1. The number of ether oxygens (including phenoxy) is 1. The largest absolute Gasteiger partial charge is 0.398 e. The van der Waals surface area contributed by atoms with Gasteiger partial charge in [-0.25, -0.2) is 4.39 Å². The molecule has 0 amide bonds. The van der Waals surface area contributed by atoms with Crippen LogP contribution in [0.25, 0.3) is 11.5 Å². The number of aromatic nitrogens is 2. The minimum Gasteiger partial charge on any atom is -0.398 e. The Morgan fingerprint density at radius 2 is 2.20 bits per heavy atom. The van der Waals surface area contributed by atoms with Crippen molar-refractivity contribution >= 4 is 5.69 Å². The van der Waals surface area contributed by atoms with Crippen LogP contribution in [0.3, 0.4) is 0 Å². The summed E-state index contributed by atoms with van der Waals surface area (Å²) < 4.78 is 24.3. The number of nitrogen functional groups attached to an aromatic ring is 1. The van der Waals surface area contributed by atoms with Crippen LogP contribution < -0.4 is 5.73 Å². The second-order valence-electron chi connectivity index (χ2n) is 5.41. The van der Waals surface area contributed by atoms with Crippen molar-refractivity contribution in [3.05, 3.63) is 29.8 Å². The Morgan fingerprint density at radius 1 is 1.30 bits per heavy atom. The number of hydrogen-bond donors (Lipinski definition) is 1. The summed E-state index contributed by atoms with van der Waals surface area (Å²) in [4.78, 5) is 4.38. The summed E-state index contributed by atoms with van der Waals surface area (Å²) in [6, 6.07) is 4.11. The highest BCUT2D eigenvalue weighted by Gasteiger charge is 2.43. The van der Waals surface area contributed by atoms with Crippen molar-refractivity contribution in [1.29, 1.82) is 0 Å². The zero-order chi connectivity index (χ0) is 13.7. The normalized spacial score (nSPS) is 28.1. The molecule has 6 heteroatoms. The molecule has 0 aliphatic carbocycles. The van der Waals surface area contributed by atoms with Gasteiger partial charge in [-0.1, -0.05) is 5.16 Å². The van der Waals surface area contributed by atoms with Gasteiger partial charge in [-0.2, -0.15) is 4.98 Å². The molecule has 1 aromatic heterocycles. The monoisotopic (exact) mass is 275 g/mol. The molecule has 2 aliphatic heterocycles. The van der Waals surface area contributed by atoms with E-state index in [1.807, 2.05) is 0 Å². The molecule has 2 bridgehead atoms. The molecule has 2 fully saturated rings. The minimum absolute atomic E-state index is 0.182. The highest BCUT2D eigenvalue weighted by molar-refractivity contribution is 5.70. The molecule has 2 aromatic rings. The van der Waals surface area contributed by atoms with Crippen molar-refractivity contribution in [3.8, 4) is 11.5 Å². The molecular formula is C14H14FN3O2. The number of nitrogens with two attached hydrogens (primary N) is 1. The Hall–Kier alpha value is -1.95. The van der Waals surface area contributed by atoms with E-state index in [0.29, 0.717) is 23.2 Å². The number of anilines is 1. The summed E-state index contributed by atoms with van der Waals surface area (Å²) >= 11 is 0. The van der Waals surface area contributed by atoms with Gasteiger partial charge < -0.3 is 15.0 Å². The van der Waals surface area contributed by atoms with Crippen LogP contribution in [-0.4, -0.2) is 22.3 Å². The first-order chi connectivity index (χ1) is 9.70. The standard InChI is InChI=1S/C14H14FN3O2/c15-7-1-3-11(16)9(5-7)14-17-13(18-20-14)10-6-8-2-4-12(10)19-8/h1,3,5,8,10,12H,2,4,6,16H2. The third kappa shape index (κ3) is 1.79. The fraction of sp³-hybridized carbons (Fsp3) is 0.429. The summed E-state index contributed by atoms with van der Waals surface area (Å²) in [7, 11) is 0. The SMILES string of the molecule is Nc1ccc(F)cc1-c1nc(C2CC3CCC2O3)no1. The molecule has 0 spiro atoms. The Balaban J connectivity index is 1.66. The minimum atomic E-state index is -0.378. The van der Waals surface area contributed by atoms with E-state index >= 15 is 0 Å². The van der Waals surface area contributed by atoms with Gasteiger partial charge in [0.05, 0.1) is 23.7 Å². The summed E-state index contributed by atoms with van der Waals surface area (Å²) in [5.41, 5.74) is 6.69. The van der Waals surface area contributed by atoms with Crippen LogP contribution >= 0.6 is 0 Å². The maximum absolute atomic E-state index is 13.3. The Morgan fingerprint density at radius 3 is 2.95 bits per heavy atom. The van der Waals surface area contributed by atoms with Crippen LogP contribution in [-0.2, 0) is 4.74 Å². The van der Waals surface area contributed by atoms with Gasteiger partial charge >= 0.3 is 0 Å². The third-order valence-corrected chi connectivity index (χ3v) is 4.13. The first-order valence-corrected chi connectivity index (χ1v) is 6.75. The van der Waals surface area contributed by atoms with Gasteiger partial charge in [0.15, 0.2) is 5.82 Å². The van der Waals surface area contributed by atoms with E-state index in [9.17, 15) is 4.39 Å². The molecule has 2 saturated heterocycles. The van der Waals surface area contributed by atoms with Gasteiger partial charge in [-0.15, -0.1) is 0 Å². The van der Waals surface area contributed by atoms with E-state index in [4.69, 9.17) is 15.0 Å². The highest BCUT2D eigenvalue weighted by Crippen LogP contribution is 2.43. The topological polar surface area (TPSA) is 74.2 Å². The fourth-order valence-electron chi connectivity index (χ4n) is 3.12. The van der Waals surface area contributed by atoms with Gasteiger partial charge in [0.1, 0.15) is 5.82 Å². The zero-order valence-corrected chi connectivity index (χ0v) is 10.8. The Bertz CT molecular complexity index is 658. The number of rotatable bonds is 2. The molecule has 2 aliphatic rings. The van der Waals surface area contributed by atoms with Crippen LogP contribution in [0.5, 0.6) is 0 Å². The molecule has 3 atom stereocenters. The molecule has 20 heavy (non-hydrogen) atoms. The van der Waals surface area contributed by atoms with Gasteiger partial charge in [0, 0.05) is 5.69 Å². The molecule has 0 saturated carbocycles. The van der Waals surface area contributed by atoms with E-state index in [2.05, 4.69) is 10.1 Å². The number of nitrogens with zero attached hydrogens (tertiary/aromatic N) is 2. The number of fused-ring (bicyclic) bond motifs is 2. The van der Waals surface area contributed by atoms with Gasteiger partial charge in [-0.3, -0.25) is 0 Å². The summed E-state index contributed by atoms with van der Waals surface area (Å²) in [5.74, 6) is 0.703. The number of benzene rings is 1. The van der Waals surface area contributed by atoms with Crippen molar-refractivity contribution in [3.63, 3.8) is 0 Å². The second kappa shape index (κ2) is 4.28. The fourth-order valence-corrected chi connectivity index (χ4v) is 3.12. The predicted molar refractivity (Wildman–Crippen MR) is 69.4 cm³/mol. The van der Waals surface area contributed by atoms with E-state index in [1.165, 1.54) is 18.2 Å². The summed E-state index contributed by atoms with van der Waals surface area (Å²) in [5, 5.41) is 4.02. The van der Waals surface area contributed by atoms with Crippen molar-refractivity contribution in [2.24, 2.45) is 0 Å². The third-order valence-electron chi connectivity index (χ3n) is 4.13. The van der Waals surface area contributed by atoms with Crippen LogP contribution in [0.15, 0.2) is 22.7 Å². The lowest BCUT2D eigenvalue weighted by Gasteiger charge is -2.13. The van der Waals surface area contributed by atoms with Gasteiger partial charge in [0.2, 0.25) is 0 Å². The lowest BCUT2D eigenvalue weighted by Crippen LogP contribution is -2.15. The van der Waals surface area contributed by atoms with E-state index < -0.39 is 0 Å².